The van der Waals surface area contributed by atoms with Crippen molar-refractivity contribution in [1.29, 1.82) is 0 Å². The average molecular weight is 416 g/mol. The maximum Gasteiger partial charge on any atom is 2.00 e. The van der Waals surface area contributed by atoms with Crippen molar-refractivity contribution < 1.29 is 40.1 Å². The normalized spacial score (nSPS) is 11.3. The van der Waals surface area contributed by atoms with Gasteiger partial charge in [-0.1, -0.05) is 0 Å². The Bertz CT molecular complexity index is 187. The molecule has 93 valence electrons. The number of hydrogen-bond acceptors (Lipinski definition) is 1. The molecule has 0 bridgehead atoms. The maximum absolute atomic E-state index is 8.37. The third kappa shape index (κ3) is 58.2. The molecule has 0 heterocycles. The van der Waals surface area contributed by atoms with Gasteiger partial charge in [0.1, 0.15) is 0 Å². The van der Waals surface area contributed by atoms with E-state index in [0.717, 1.165) is 0 Å². The fourth-order valence-electron chi connectivity index (χ4n) is 0.468. The van der Waals surface area contributed by atoms with Crippen LogP contribution in [0.2, 0.25) is 0 Å². The van der Waals surface area contributed by atoms with Gasteiger partial charge in [0.2, 0.25) is 0 Å². The van der Waals surface area contributed by atoms with Crippen LogP contribution in [0, 0.1) is 64.4 Å². The summed E-state index contributed by atoms with van der Waals surface area (Å²) in [4.78, 5) is 0. The summed E-state index contributed by atoms with van der Waals surface area (Å²) in [5, 5.41) is 8.37. The van der Waals surface area contributed by atoms with Crippen molar-refractivity contribution in [3.05, 3.63) is 58.5 Å². The topological polar surface area (TPSA) is 79.9 Å². The van der Waals surface area contributed by atoms with Crippen LogP contribution in [-0.2, 0) is 35.0 Å². The largest absolute Gasteiger partial charge is 2.00 e. The van der Waals surface area contributed by atoms with Crippen LogP contribution in [0.25, 0.3) is 0 Å². The van der Waals surface area contributed by atoms with E-state index in [2.05, 4.69) is 25.9 Å². The number of aliphatic hydroxyl groups is 1. The molecule has 0 aromatic rings. The van der Waals surface area contributed by atoms with Crippen LogP contribution in [-0.4, -0.2) is 11.2 Å². The zero-order valence-corrected chi connectivity index (χ0v) is 12.7. The Morgan fingerprint density at radius 1 is 0.944 bits per heavy atom. The second-order valence-corrected chi connectivity index (χ2v) is 2.19. The standard InChI is InChI=1S/C5H7O.C5H5.3CO.W/c1-3-4-5(2)6;1-2-4-5-3-1;3*1-2;/h5-6H,4H2,2H3;1-5H;;;;/q-1;;;;;+2. The Kier molecular flexibility index (Phi) is 74.4. The Balaban J connectivity index is -0.0000000428. The minimum absolute atomic E-state index is 0. The van der Waals surface area contributed by atoms with E-state index < -0.39 is 6.10 Å². The first-order chi connectivity index (χ1) is 8.27. The van der Waals surface area contributed by atoms with Gasteiger partial charge in [0.25, 0.3) is 0 Å². The summed E-state index contributed by atoms with van der Waals surface area (Å²) in [5.74, 6) is 2.07. The monoisotopic (exact) mass is 416 g/mol. The van der Waals surface area contributed by atoms with Gasteiger partial charge >= 0.3 is 55.0 Å². The molecular formula is C13H12O4W+. The zero-order valence-electron chi connectivity index (χ0n) is 9.75. The minimum Gasteiger partial charge on any atom is -0.0312 e. The Morgan fingerprint density at radius 2 is 1.17 bits per heavy atom. The van der Waals surface area contributed by atoms with E-state index in [-0.39, 0.29) is 21.1 Å². The summed E-state index contributed by atoms with van der Waals surface area (Å²) >= 11 is 0. The summed E-state index contributed by atoms with van der Waals surface area (Å²) < 4.78 is 22.5. The fraction of sp³-hybridized carbons (Fsp3) is 0.231. The first-order valence-corrected chi connectivity index (χ1v) is 4.13. The first-order valence-electron chi connectivity index (χ1n) is 4.13. The molecule has 1 fully saturated rings. The van der Waals surface area contributed by atoms with E-state index in [9.17, 15) is 0 Å². The average Bonchev–Trinajstić information content (AvgIpc) is 2.95. The van der Waals surface area contributed by atoms with Crippen LogP contribution < -0.4 is 0 Å². The molecule has 5 heteroatoms. The van der Waals surface area contributed by atoms with Crippen LogP contribution in [0.15, 0.2) is 0 Å². The molecule has 0 aromatic carbocycles. The molecule has 1 rings (SSSR count). The van der Waals surface area contributed by atoms with Crippen molar-refractivity contribution in [2.75, 3.05) is 0 Å². The van der Waals surface area contributed by atoms with Crippen molar-refractivity contribution in [1.82, 2.24) is 0 Å². The molecule has 1 aliphatic carbocycles. The molecule has 0 aromatic heterocycles. The van der Waals surface area contributed by atoms with Gasteiger partial charge in [-0.2, -0.15) is 0 Å². The molecule has 1 N–H and O–H groups in total. The van der Waals surface area contributed by atoms with E-state index in [1.807, 2.05) is 32.1 Å². The molecule has 0 aliphatic heterocycles. The summed E-state index contributed by atoms with van der Waals surface area (Å²) in [6, 6.07) is 0. The van der Waals surface area contributed by atoms with E-state index >= 15 is 0 Å². The van der Waals surface area contributed by atoms with Gasteiger partial charge in [-0.25, -0.2) is 0 Å². The molecule has 1 unspecified atom stereocenters. The van der Waals surface area contributed by atoms with Crippen LogP contribution in [0.3, 0.4) is 0 Å². The minimum atomic E-state index is -0.400. The van der Waals surface area contributed by atoms with Crippen molar-refractivity contribution in [2.24, 2.45) is 0 Å². The predicted molar refractivity (Wildman–Crippen MR) is 56.7 cm³/mol. The Labute approximate surface area is 124 Å². The van der Waals surface area contributed by atoms with Crippen LogP contribution >= 0.6 is 0 Å². The SMILES string of the molecule is [C-]#CCC(C)O.[C-]#[O+].[C-]#[O+].[C-]#[O+].[CH]1[CH][CH][CH][CH]1.[W+2]. The van der Waals surface area contributed by atoms with Crippen molar-refractivity contribution in [2.45, 2.75) is 19.4 Å². The van der Waals surface area contributed by atoms with Gasteiger partial charge < -0.3 is 17.5 Å². The zero-order chi connectivity index (χ0) is 14.5. The summed E-state index contributed by atoms with van der Waals surface area (Å²) in [6.07, 6.45) is 16.3. The number of rotatable bonds is 1. The molecular weight excluding hydrogens is 404 g/mol. The third-order valence-corrected chi connectivity index (χ3v) is 0.953. The van der Waals surface area contributed by atoms with Crippen molar-refractivity contribution in [3.63, 3.8) is 0 Å². The van der Waals surface area contributed by atoms with E-state index in [4.69, 9.17) is 25.5 Å². The second kappa shape index (κ2) is 44.0. The molecule has 4 nitrogen and oxygen atoms in total. The van der Waals surface area contributed by atoms with Gasteiger partial charge in [-0.15, -0.1) is 0 Å². The summed E-state index contributed by atoms with van der Waals surface area (Å²) in [7, 11) is 0. The summed E-state index contributed by atoms with van der Waals surface area (Å²) in [5.41, 5.74) is 0. The summed E-state index contributed by atoms with van der Waals surface area (Å²) in [6.45, 7) is 15.1. The van der Waals surface area contributed by atoms with Gasteiger partial charge in [-0.3, -0.25) is 0 Å². The molecule has 18 heavy (non-hydrogen) atoms. The van der Waals surface area contributed by atoms with Crippen molar-refractivity contribution in [3.8, 4) is 5.92 Å². The molecule has 0 amide bonds. The van der Waals surface area contributed by atoms with Crippen LogP contribution in [0.5, 0.6) is 0 Å². The molecule has 1 atom stereocenters. The first kappa shape index (κ1) is 30.5. The molecule has 5 radical (unpaired) electrons. The number of aliphatic hydroxyl groups excluding tert-OH is 1. The predicted octanol–water partition coefficient (Wildman–Crippen LogP) is 1.25. The van der Waals surface area contributed by atoms with Crippen LogP contribution in [0.1, 0.15) is 13.3 Å². The number of hydrogen-bond donors (Lipinski definition) is 1. The molecule has 1 saturated carbocycles. The Morgan fingerprint density at radius 3 is 1.22 bits per heavy atom. The molecule has 1 aliphatic rings. The van der Waals surface area contributed by atoms with Gasteiger partial charge in [0, 0.05) is 0 Å². The smallest absolute Gasteiger partial charge is 0.0312 e. The van der Waals surface area contributed by atoms with E-state index in [0.29, 0.717) is 6.42 Å². The Hall–Kier alpha value is -0.572. The van der Waals surface area contributed by atoms with E-state index in [1.54, 1.807) is 6.92 Å². The van der Waals surface area contributed by atoms with Gasteiger partial charge in [0.15, 0.2) is 0 Å². The maximum atomic E-state index is 8.37. The van der Waals surface area contributed by atoms with E-state index in [1.165, 1.54) is 0 Å². The fourth-order valence-corrected chi connectivity index (χ4v) is 0.468. The van der Waals surface area contributed by atoms with Gasteiger partial charge in [-0.05, 0) is 45.4 Å². The molecule has 0 spiro atoms. The third-order valence-electron chi connectivity index (χ3n) is 0.953. The van der Waals surface area contributed by atoms with Crippen molar-refractivity contribution >= 4 is 0 Å². The van der Waals surface area contributed by atoms with Gasteiger partial charge in [0.05, 0.1) is 6.10 Å². The molecule has 0 saturated heterocycles. The quantitative estimate of drug-likeness (QED) is 0.390. The second-order valence-electron chi connectivity index (χ2n) is 2.19. The van der Waals surface area contributed by atoms with Crippen LogP contribution in [0.4, 0.5) is 0 Å².